The van der Waals surface area contributed by atoms with E-state index in [0.717, 1.165) is 10.9 Å². The Hall–Kier alpha value is -2.41. The molecule has 21 heavy (non-hydrogen) atoms. The molecule has 2 rings (SSSR count). The molecule has 0 radical (unpaired) electrons. The molecule has 0 bridgehead atoms. The van der Waals surface area contributed by atoms with Crippen molar-refractivity contribution in [3.05, 3.63) is 30.0 Å². The third kappa shape index (κ3) is 3.79. The summed E-state index contributed by atoms with van der Waals surface area (Å²) in [5.41, 5.74) is 5.65. The summed E-state index contributed by atoms with van der Waals surface area (Å²) in [5.74, 6) is 0.545. The minimum absolute atomic E-state index is 0.297. The standard InChI is InChI=1S/C13H15ClN4O3/c1-21-9-2-3-10-8(6-9)7-11(16-10)12(19)17-18-13(20)15-5-4-14/h2-3,6-7,16H,4-5H2,1H3,(H,17,19)(H2,15,18,20). The second-order valence-corrected chi connectivity index (χ2v) is 4.54. The Morgan fingerprint density at radius 2 is 2.10 bits per heavy atom. The topological polar surface area (TPSA) is 95.2 Å². The maximum absolute atomic E-state index is 11.9. The van der Waals surface area contributed by atoms with E-state index in [1.807, 2.05) is 12.1 Å². The predicted octanol–water partition coefficient (Wildman–Crippen LogP) is 1.36. The normalized spacial score (nSPS) is 10.2. The van der Waals surface area contributed by atoms with Crippen LogP contribution in [0, 0.1) is 0 Å². The number of hydrogen-bond donors (Lipinski definition) is 4. The van der Waals surface area contributed by atoms with Crippen LogP contribution in [0.15, 0.2) is 24.3 Å². The van der Waals surface area contributed by atoms with E-state index < -0.39 is 11.9 Å². The van der Waals surface area contributed by atoms with Crippen molar-refractivity contribution >= 4 is 34.4 Å². The first kappa shape index (κ1) is 15.0. The third-order valence-electron chi connectivity index (χ3n) is 2.74. The summed E-state index contributed by atoms with van der Waals surface area (Å²) >= 11 is 5.43. The zero-order valence-electron chi connectivity index (χ0n) is 11.3. The number of halogens is 1. The SMILES string of the molecule is COc1ccc2[nH]c(C(=O)NNC(=O)NCCCl)cc2c1. The highest BCUT2D eigenvalue weighted by Gasteiger charge is 2.10. The van der Waals surface area contributed by atoms with Gasteiger partial charge in [0.2, 0.25) is 0 Å². The van der Waals surface area contributed by atoms with Crippen LogP contribution in [0.2, 0.25) is 0 Å². The third-order valence-corrected chi connectivity index (χ3v) is 2.93. The number of rotatable bonds is 4. The number of ether oxygens (including phenoxy) is 1. The number of carbonyl (C=O) groups excluding carboxylic acids is 2. The first-order chi connectivity index (χ1) is 10.1. The lowest BCUT2D eigenvalue weighted by Gasteiger charge is -2.06. The van der Waals surface area contributed by atoms with Gasteiger partial charge in [0.15, 0.2) is 0 Å². The van der Waals surface area contributed by atoms with E-state index in [4.69, 9.17) is 16.3 Å². The number of hydrazine groups is 1. The van der Waals surface area contributed by atoms with Crippen LogP contribution in [0.4, 0.5) is 4.79 Å². The minimum Gasteiger partial charge on any atom is -0.497 e. The molecular formula is C13H15ClN4O3. The average Bonchev–Trinajstić information content (AvgIpc) is 2.93. The highest BCUT2D eigenvalue weighted by molar-refractivity contribution is 6.18. The first-order valence-corrected chi connectivity index (χ1v) is 6.74. The molecule has 0 saturated carbocycles. The van der Waals surface area contributed by atoms with Gasteiger partial charge in [-0.2, -0.15) is 0 Å². The van der Waals surface area contributed by atoms with E-state index in [1.54, 1.807) is 19.2 Å². The van der Waals surface area contributed by atoms with Crippen molar-refractivity contribution in [2.24, 2.45) is 0 Å². The molecule has 0 aliphatic carbocycles. The Bertz CT molecular complexity index is 656. The van der Waals surface area contributed by atoms with Gasteiger partial charge in [0.05, 0.1) is 7.11 Å². The molecule has 0 atom stereocenters. The van der Waals surface area contributed by atoms with Gasteiger partial charge in [-0.15, -0.1) is 11.6 Å². The predicted molar refractivity (Wildman–Crippen MR) is 79.6 cm³/mol. The van der Waals surface area contributed by atoms with Crippen LogP contribution >= 0.6 is 11.6 Å². The summed E-state index contributed by atoms with van der Waals surface area (Å²) in [6.45, 7) is 0.315. The number of H-pyrrole nitrogens is 1. The molecule has 0 unspecified atom stereocenters. The number of carbonyl (C=O) groups is 2. The lowest BCUT2D eigenvalue weighted by molar-refractivity contribution is 0.0932. The molecular weight excluding hydrogens is 296 g/mol. The van der Waals surface area contributed by atoms with Crippen molar-refractivity contribution in [2.45, 2.75) is 0 Å². The molecule has 8 heteroatoms. The summed E-state index contributed by atoms with van der Waals surface area (Å²) in [4.78, 5) is 26.1. The molecule has 1 aromatic carbocycles. The lowest BCUT2D eigenvalue weighted by Crippen LogP contribution is -2.47. The fraction of sp³-hybridized carbons (Fsp3) is 0.231. The molecule has 0 aliphatic heterocycles. The largest absolute Gasteiger partial charge is 0.497 e. The van der Waals surface area contributed by atoms with E-state index >= 15 is 0 Å². The van der Waals surface area contributed by atoms with E-state index in [9.17, 15) is 9.59 Å². The van der Waals surface area contributed by atoms with Crippen LogP contribution in [-0.4, -0.2) is 36.5 Å². The molecule has 0 fully saturated rings. The maximum Gasteiger partial charge on any atom is 0.333 e. The number of hydrogen-bond acceptors (Lipinski definition) is 3. The molecule has 112 valence electrons. The second kappa shape index (κ2) is 6.85. The number of methoxy groups -OCH3 is 1. The van der Waals surface area contributed by atoms with Crippen molar-refractivity contribution in [1.29, 1.82) is 0 Å². The molecule has 4 N–H and O–H groups in total. The Labute approximate surface area is 126 Å². The van der Waals surface area contributed by atoms with E-state index in [0.29, 0.717) is 23.9 Å². The fourth-order valence-corrected chi connectivity index (χ4v) is 1.84. The fourth-order valence-electron chi connectivity index (χ4n) is 1.75. The molecule has 3 amide bonds. The van der Waals surface area contributed by atoms with Gasteiger partial charge in [0.25, 0.3) is 5.91 Å². The quantitative estimate of drug-likeness (QED) is 0.507. The highest BCUT2D eigenvalue weighted by Crippen LogP contribution is 2.21. The first-order valence-electron chi connectivity index (χ1n) is 6.21. The van der Waals surface area contributed by atoms with Gasteiger partial charge in [-0.1, -0.05) is 0 Å². The van der Waals surface area contributed by atoms with Crippen LogP contribution in [0.5, 0.6) is 5.75 Å². The Balaban J connectivity index is 2.01. The van der Waals surface area contributed by atoms with Gasteiger partial charge >= 0.3 is 6.03 Å². The van der Waals surface area contributed by atoms with Crippen LogP contribution in [0.25, 0.3) is 10.9 Å². The summed E-state index contributed by atoms with van der Waals surface area (Å²) < 4.78 is 5.12. The van der Waals surface area contributed by atoms with Gasteiger partial charge in [-0.05, 0) is 24.3 Å². The minimum atomic E-state index is -0.526. The zero-order chi connectivity index (χ0) is 15.2. The molecule has 0 aliphatic rings. The number of nitrogens with one attached hydrogen (secondary N) is 4. The summed E-state index contributed by atoms with van der Waals surface area (Å²) in [5, 5.41) is 3.30. The smallest absolute Gasteiger partial charge is 0.333 e. The highest BCUT2D eigenvalue weighted by atomic mass is 35.5. The Kier molecular flexibility index (Phi) is 4.89. The molecule has 0 saturated heterocycles. The number of fused-ring (bicyclic) bond motifs is 1. The van der Waals surface area contributed by atoms with Gasteiger partial charge in [0.1, 0.15) is 11.4 Å². The van der Waals surface area contributed by atoms with Crippen LogP contribution in [0.3, 0.4) is 0 Å². The molecule has 1 aromatic heterocycles. The monoisotopic (exact) mass is 310 g/mol. The zero-order valence-corrected chi connectivity index (χ0v) is 12.1. The molecule has 1 heterocycles. The van der Waals surface area contributed by atoms with E-state index in [1.165, 1.54) is 0 Å². The summed E-state index contributed by atoms with van der Waals surface area (Å²) in [6, 6.07) is 6.56. The lowest BCUT2D eigenvalue weighted by atomic mass is 10.2. The van der Waals surface area contributed by atoms with Crippen molar-refractivity contribution in [1.82, 2.24) is 21.2 Å². The van der Waals surface area contributed by atoms with Crippen molar-refractivity contribution < 1.29 is 14.3 Å². The Morgan fingerprint density at radius 3 is 2.81 bits per heavy atom. The molecule has 7 nitrogen and oxygen atoms in total. The van der Waals surface area contributed by atoms with Crippen molar-refractivity contribution in [3.8, 4) is 5.75 Å². The van der Waals surface area contributed by atoms with Crippen molar-refractivity contribution in [2.75, 3.05) is 19.5 Å². The van der Waals surface area contributed by atoms with Crippen LogP contribution in [-0.2, 0) is 0 Å². The number of aromatic amines is 1. The van der Waals surface area contributed by atoms with Gasteiger partial charge in [-0.25, -0.2) is 10.2 Å². The summed E-state index contributed by atoms with van der Waals surface area (Å²) in [6.07, 6.45) is 0. The number of alkyl halides is 1. The second-order valence-electron chi connectivity index (χ2n) is 4.16. The number of amides is 3. The van der Waals surface area contributed by atoms with E-state index in [-0.39, 0.29) is 0 Å². The molecule has 0 spiro atoms. The Morgan fingerprint density at radius 1 is 1.29 bits per heavy atom. The maximum atomic E-state index is 11.9. The van der Waals surface area contributed by atoms with Gasteiger partial charge in [0, 0.05) is 23.3 Å². The van der Waals surface area contributed by atoms with Crippen molar-refractivity contribution in [3.63, 3.8) is 0 Å². The molecule has 2 aromatic rings. The van der Waals surface area contributed by atoms with Gasteiger partial charge < -0.3 is 15.0 Å². The van der Waals surface area contributed by atoms with Crippen LogP contribution < -0.4 is 20.9 Å². The van der Waals surface area contributed by atoms with Crippen LogP contribution in [0.1, 0.15) is 10.5 Å². The number of aromatic nitrogens is 1. The number of urea groups is 1. The van der Waals surface area contributed by atoms with E-state index in [2.05, 4.69) is 21.2 Å². The number of benzene rings is 1. The average molecular weight is 311 g/mol. The van der Waals surface area contributed by atoms with Gasteiger partial charge in [-0.3, -0.25) is 10.2 Å². The summed E-state index contributed by atoms with van der Waals surface area (Å²) in [7, 11) is 1.57.